The molecule has 0 atom stereocenters. The van der Waals surface area contributed by atoms with Crippen LogP contribution in [0.3, 0.4) is 0 Å². The maximum Gasteiger partial charge on any atom is 0.169 e. The number of imidazole rings is 1. The van der Waals surface area contributed by atoms with E-state index in [1.54, 1.807) is 37.1 Å². The smallest absolute Gasteiger partial charge is 0.169 e. The summed E-state index contributed by atoms with van der Waals surface area (Å²) in [6.07, 6.45) is 8.19. The number of rotatable bonds is 6. The number of halogens is 1. The molecule has 0 unspecified atom stereocenters. The van der Waals surface area contributed by atoms with Crippen molar-refractivity contribution < 1.29 is 9.18 Å². The molecule has 0 spiro atoms. The average molecular weight is 513 g/mol. The van der Waals surface area contributed by atoms with Gasteiger partial charge in [0.2, 0.25) is 0 Å². The van der Waals surface area contributed by atoms with Gasteiger partial charge >= 0.3 is 0 Å². The Morgan fingerprint density at radius 2 is 1.89 bits per heavy atom. The number of fused-ring (bicyclic) bond motifs is 2. The lowest BCUT2D eigenvalue weighted by Gasteiger charge is -2.11. The van der Waals surface area contributed by atoms with Crippen LogP contribution >= 0.6 is 11.3 Å². The molecule has 0 amide bonds. The maximum absolute atomic E-state index is 16.0. The van der Waals surface area contributed by atoms with Gasteiger partial charge in [-0.15, -0.1) is 11.3 Å². The third-order valence-corrected chi connectivity index (χ3v) is 7.07. The number of anilines is 1. The highest BCUT2D eigenvalue weighted by molar-refractivity contribution is 7.17. The van der Waals surface area contributed by atoms with Crippen molar-refractivity contribution in [3.05, 3.63) is 59.9 Å². The normalized spacial score (nSPS) is 11.6. The van der Waals surface area contributed by atoms with Crippen molar-refractivity contribution in [2.45, 2.75) is 26.8 Å². The van der Waals surface area contributed by atoms with Crippen LogP contribution < -0.4 is 5.32 Å². The van der Waals surface area contributed by atoms with Crippen molar-refractivity contribution in [2.24, 2.45) is 0 Å². The Morgan fingerprint density at radius 3 is 2.68 bits per heavy atom. The van der Waals surface area contributed by atoms with E-state index in [1.807, 2.05) is 26.0 Å². The molecule has 3 N–H and O–H groups in total. The number of carbonyl (C=O) groups is 1. The first-order chi connectivity index (χ1) is 17.9. The van der Waals surface area contributed by atoms with Crippen molar-refractivity contribution in [3.8, 4) is 33.2 Å². The van der Waals surface area contributed by atoms with Crippen molar-refractivity contribution in [1.29, 1.82) is 0 Å². The number of hydrogen-bond donors (Lipinski definition) is 3. The lowest BCUT2D eigenvalue weighted by Crippen LogP contribution is -2.09. The average Bonchev–Trinajstić information content (AvgIpc) is 3.61. The number of hydrogen-bond acceptors (Lipinski definition) is 8. The number of ketones is 1. The Kier molecular flexibility index (Phi) is 5.49. The summed E-state index contributed by atoms with van der Waals surface area (Å²) < 4.78 is 16.0. The summed E-state index contributed by atoms with van der Waals surface area (Å²) in [5.41, 5.74) is 4.39. The van der Waals surface area contributed by atoms with Gasteiger partial charge in [-0.05, 0) is 39.0 Å². The SMILES string of the molecule is CC(=O)c1ccc(-c2cncc3[nH]c(-c4n[nH]c5cnc(-c6cncc(NC(C)C)c6)c(F)c45)nc23)s1. The molecule has 0 fully saturated rings. The van der Waals surface area contributed by atoms with E-state index in [9.17, 15) is 4.79 Å². The molecule has 0 radical (unpaired) electrons. The number of Topliss-reactive ketones (excluding diaryl/α,β-unsaturated/α-hetero) is 1. The van der Waals surface area contributed by atoms with Gasteiger partial charge in [0, 0.05) is 40.6 Å². The Hall–Kier alpha value is -4.51. The molecular formula is C26H21FN8OS. The molecule has 9 nitrogen and oxygen atoms in total. The number of nitrogens with one attached hydrogen (secondary N) is 3. The van der Waals surface area contributed by atoms with Crippen molar-refractivity contribution in [3.63, 3.8) is 0 Å². The van der Waals surface area contributed by atoms with Gasteiger partial charge in [-0.25, -0.2) is 9.37 Å². The number of nitrogens with zero attached hydrogens (tertiary/aromatic N) is 5. The molecule has 0 aliphatic rings. The lowest BCUT2D eigenvalue weighted by atomic mass is 10.1. The monoisotopic (exact) mass is 512 g/mol. The molecule has 0 aromatic carbocycles. The molecule has 0 bridgehead atoms. The highest BCUT2D eigenvalue weighted by Gasteiger charge is 2.22. The minimum Gasteiger partial charge on any atom is -0.382 e. The summed E-state index contributed by atoms with van der Waals surface area (Å²) >= 11 is 1.38. The standard InChI is InChI=1S/C26H21FN8OS/c1-12(2)31-15-6-14(7-28-8-15)23-22(27)21-17(11-30-23)34-35-25(21)26-32-18-10-29-9-16(24(18)33-26)20-5-4-19(37-20)13(3)36/h4-12,31H,1-3H3,(H,32,33)(H,34,35). The van der Waals surface area contributed by atoms with Crippen LogP contribution in [0.2, 0.25) is 0 Å². The van der Waals surface area contributed by atoms with Crippen LogP contribution in [0, 0.1) is 5.82 Å². The highest BCUT2D eigenvalue weighted by atomic mass is 32.1. The zero-order chi connectivity index (χ0) is 25.7. The van der Waals surface area contributed by atoms with Gasteiger partial charge in [0.15, 0.2) is 17.4 Å². The van der Waals surface area contributed by atoms with E-state index in [1.165, 1.54) is 18.3 Å². The number of H-pyrrole nitrogens is 2. The first kappa shape index (κ1) is 22.9. The fraction of sp³-hybridized carbons (Fsp3) is 0.154. The van der Waals surface area contributed by atoms with E-state index in [4.69, 9.17) is 4.98 Å². The van der Waals surface area contributed by atoms with E-state index < -0.39 is 5.82 Å². The highest BCUT2D eigenvalue weighted by Crippen LogP contribution is 2.36. The quantitative estimate of drug-likeness (QED) is 0.239. The molecular weight excluding hydrogens is 491 g/mol. The van der Waals surface area contributed by atoms with Crippen LogP contribution in [0.25, 0.3) is 55.2 Å². The Labute approximate surface area is 214 Å². The second-order valence-electron chi connectivity index (χ2n) is 8.93. The molecule has 6 rings (SSSR count). The Balaban J connectivity index is 1.47. The largest absolute Gasteiger partial charge is 0.382 e. The number of aromatic nitrogens is 7. The zero-order valence-corrected chi connectivity index (χ0v) is 20.9. The van der Waals surface area contributed by atoms with Crippen molar-refractivity contribution in [1.82, 2.24) is 35.1 Å². The summed E-state index contributed by atoms with van der Waals surface area (Å²) in [7, 11) is 0. The summed E-state index contributed by atoms with van der Waals surface area (Å²) in [5.74, 6) is -0.126. The van der Waals surface area contributed by atoms with E-state index in [0.717, 1.165) is 16.1 Å². The molecule has 0 aliphatic carbocycles. The number of pyridine rings is 3. The fourth-order valence-corrected chi connectivity index (χ4v) is 5.14. The van der Waals surface area contributed by atoms with Gasteiger partial charge in [-0.2, -0.15) is 5.10 Å². The molecule has 184 valence electrons. The van der Waals surface area contributed by atoms with Crippen LogP contribution in [-0.2, 0) is 0 Å². The first-order valence-corrected chi connectivity index (χ1v) is 12.4. The molecule has 0 aliphatic heterocycles. The van der Waals surface area contributed by atoms with Crippen LogP contribution in [0.4, 0.5) is 10.1 Å². The summed E-state index contributed by atoms with van der Waals surface area (Å²) in [6.45, 7) is 5.57. The molecule has 6 heterocycles. The second-order valence-corrected chi connectivity index (χ2v) is 10.0. The molecule has 0 saturated heterocycles. The first-order valence-electron chi connectivity index (χ1n) is 11.6. The fourth-order valence-electron chi connectivity index (χ4n) is 4.23. The topological polar surface area (TPSA) is 125 Å². The van der Waals surface area contributed by atoms with E-state index in [-0.39, 0.29) is 22.9 Å². The minimum absolute atomic E-state index is 0.00251. The summed E-state index contributed by atoms with van der Waals surface area (Å²) in [5, 5.41) is 10.8. The van der Waals surface area contributed by atoms with Crippen LogP contribution in [0.5, 0.6) is 0 Å². The van der Waals surface area contributed by atoms with E-state index in [2.05, 4.69) is 35.5 Å². The lowest BCUT2D eigenvalue weighted by molar-refractivity contribution is 0.102. The summed E-state index contributed by atoms with van der Waals surface area (Å²) in [6, 6.07) is 5.69. The summed E-state index contributed by atoms with van der Waals surface area (Å²) in [4.78, 5) is 34.2. The zero-order valence-electron chi connectivity index (χ0n) is 20.1. The minimum atomic E-state index is -0.520. The van der Waals surface area contributed by atoms with Gasteiger partial charge in [0.1, 0.15) is 16.9 Å². The predicted octanol–water partition coefficient (Wildman–Crippen LogP) is 5.85. The van der Waals surface area contributed by atoms with Gasteiger partial charge in [0.25, 0.3) is 0 Å². The van der Waals surface area contributed by atoms with Crippen LogP contribution in [0.15, 0.2) is 49.2 Å². The molecule has 37 heavy (non-hydrogen) atoms. The van der Waals surface area contributed by atoms with E-state index >= 15 is 4.39 Å². The Bertz CT molecular complexity index is 1800. The molecule has 6 aromatic heterocycles. The van der Waals surface area contributed by atoms with Crippen LogP contribution in [-0.4, -0.2) is 46.9 Å². The second kappa shape index (κ2) is 8.86. The molecule has 0 saturated carbocycles. The third kappa shape index (κ3) is 4.02. The number of carbonyl (C=O) groups excluding carboxylic acids is 1. The van der Waals surface area contributed by atoms with E-state index in [0.29, 0.717) is 38.5 Å². The van der Waals surface area contributed by atoms with Crippen LogP contribution in [0.1, 0.15) is 30.4 Å². The number of aromatic amines is 2. The maximum atomic E-state index is 16.0. The van der Waals surface area contributed by atoms with Gasteiger partial charge < -0.3 is 10.3 Å². The molecule has 11 heteroatoms. The van der Waals surface area contributed by atoms with Gasteiger partial charge in [-0.1, -0.05) is 0 Å². The van der Waals surface area contributed by atoms with Crippen molar-refractivity contribution >= 4 is 44.7 Å². The van der Waals surface area contributed by atoms with Gasteiger partial charge in [0.05, 0.1) is 39.4 Å². The van der Waals surface area contributed by atoms with Crippen molar-refractivity contribution in [2.75, 3.05) is 5.32 Å². The Morgan fingerprint density at radius 1 is 1.05 bits per heavy atom. The molecule has 6 aromatic rings. The third-order valence-electron chi connectivity index (χ3n) is 5.85. The number of thiophene rings is 1. The predicted molar refractivity (Wildman–Crippen MR) is 142 cm³/mol. The van der Waals surface area contributed by atoms with Gasteiger partial charge in [-0.3, -0.25) is 24.8 Å².